The molecule has 0 aromatic carbocycles. The number of carboxylic acid groups (broad SMARTS) is 1. The number of nitrogens with one attached hydrogen (secondary N) is 2. The lowest BCUT2D eigenvalue weighted by atomic mass is 10.2. The summed E-state index contributed by atoms with van der Waals surface area (Å²) in [5.41, 5.74) is 1.28. The Balaban J connectivity index is 0.00000128. The Labute approximate surface area is 95.4 Å². The van der Waals surface area contributed by atoms with Crippen molar-refractivity contribution in [3.05, 3.63) is 34.4 Å². The van der Waals surface area contributed by atoms with Crippen molar-refractivity contribution in [2.45, 2.75) is 0 Å². The first-order valence-electron chi connectivity index (χ1n) is 4.14. The van der Waals surface area contributed by atoms with Crippen LogP contribution in [0, 0.1) is 0 Å². The van der Waals surface area contributed by atoms with Crippen molar-refractivity contribution in [3.8, 4) is 0 Å². The minimum atomic E-state index is -1.03. The van der Waals surface area contributed by atoms with Crippen LogP contribution in [-0.4, -0.2) is 26.0 Å². The van der Waals surface area contributed by atoms with Crippen molar-refractivity contribution in [2.75, 3.05) is 0 Å². The first-order valence-corrected chi connectivity index (χ1v) is 4.14. The van der Waals surface area contributed by atoms with E-state index in [0.717, 1.165) is 6.08 Å². The van der Waals surface area contributed by atoms with Crippen LogP contribution >= 0.6 is 12.4 Å². The Morgan fingerprint density at radius 2 is 2.19 bits per heavy atom. The summed E-state index contributed by atoms with van der Waals surface area (Å²) in [6.07, 6.45) is 3.89. The molecule has 2 heterocycles. The number of aromatic nitrogens is 3. The second kappa shape index (κ2) is 4.63. The van der Waals surface area contributed by atoms with Crippen molar-refractivity contribution in [1.29, 1.82) is 0 Å². The van der Waals surface area contributed by atoms with E-state index < -0.39 is 5.97 Å². The molecule has 0 saturated carbocycles. The highest BCUT2D eigenvalue weighted by Crippen LogP contribution is 2.07. The van der Waals surface area contributed by atoms with Gasteiger partial charge in [0.1, 0.15) is 0 Å². The van der Waals surface area contributed by atoms with E-state index in [1.807, 2.05) is 0 Å². The minimum absolute atomic E-state index is 0. The van der Waals surface area contributed by atoms with Gasteiger partial charge in [0, 0.05) is 12.3 Å². The second-order valence-corrected chi connectivity index (χ2v) is 2.92. The van der Waals surface area contributed by atoms with Crippen LogP contribution < -0.4 is 5.69 Å². The van der Waals surface area contributed by atoms with Crippen LogP contribution in [0.1, 0.15) is 5.56 Å². The molecule has 0 bridgehead atoms. The number of hydrogen-bond acceptors (Lipinski definition) is 3. The van der Waals surface area contributed by atoms with Gasteiger partial charge in [0.25, 0.3) is 0 Å². The first kappa shape index (κ1) is 12.0. The molecule has 16 heavy (non-hydrogen) atoms. The van der Waals surface area contributed by atoms with Gasteiger partial charge in [-0.25, -0.2) is 14.6 Å². The lowest BCUT2D eigenvalue weighted by Crippen LogP contribution is -1.99. The van der Waals surface area contributed by atoms with Crippen molar-refractivity contribution >= 4 is 35.6 Å². The predicted octanol–water partition coefficient (Wildman–Crippen LogP) is 0.771. The smallest absolute Gasteiger partial charge is 0.328 e. The Kier molecular flexibility index (Phi) is 3.47. The number of halogens is 1. The standard InChI is InChI=1S/C9H7N3O3.ClH/c13-7(14)2-1-5-3-6-8(10-4-5)12-9(15)11-6;/h1-4H,(H,13,14)(H2,10,11,12,15);1H/b2-1+;. The Bertz CT molecular complexity index is 599. The average Bonchev–Trinajstić information content (AvgIpc) is 2.53. The molecule has 0 aliphatic carbocycles. The summed E-state index contributed by atoms with van der Waals surface area (Å²) in [4.78, 5) is 30.1. The van der Waals surface area contributed by atoms with Gasteiger partial charge in [-0.15, -0.1) is 12.4 Å². The van der Waals surface area contributed by atoms with Gasteiger partial charge in [-0.3, -0.25) is 4.98 Å². The molecule has 84 valence electrons. The van der Waals surface area contributed by atoms with E-state index in [0.29, 0.717) is 16.7 Å². The Morgan fingerprint density at radius 3 is 2.88 bits per heavy atom. The number of imidazole rings is 1. The number of carboxylic acids is 1. The SMILES string of the molecule is Cl.O=C(O)/C=C/c1cnc2[nH]c(=O)[nH]c2c1. The van der Waals surface area contributed by atoms with E-state index in [-0.39, 0.29) is 18.1 Å². The van der Waals surface area contributed by atoms with E-state index in [2.05, 4.69) is 15.0 Å². The van der Waals surface area contributed by atoms with Crippen LogP contribution in [0.15, 0.2) is 23.1 Å². The molecule has 2 aromatic rings. The van der Waals surface area contributed by atoms with E-state index in [1.54, 1.807) is 6.07 Å². The van der Waals surface area contributed by atoms with E-state index in [4.69, 9.17) is 5.11 Å². The van der Waals surface area contributed by atoms with Gasteiger partial charge in [-0.1, -0.05) is 0 Å². The van der Waals surface area contributed by atoms with Crippen molar-refractivity contribution in [2.24, 2.45) is 0 Å². The fourth-order valence-corrected chi connectivity index (χ4v) is 1.20. The van der Waals surface area contributed by atoms with E-state index >= 15 is 0 Å². The number of rotatable bonds is 2. The minimum Gasteiger partial charge on any atom is -0.478 e. The number of fused-ring (bicyclic) bond motifs is 1. The quantitative estimate of drug-likeness (QED) is 0.677. The fraction of sp³-hybridized carbons (Fsp3) is 0. The number of nitrogens with zero attached hydrogens (tertiary/aromatic N) is 1. The highest BCUT2D eigenvalue weighted by Gasteiger charge is 1.99. The average molecular weight is 242 g/mol. The Morgan fingerprint density at radius 1 is 1.44 bits per heavy atom. The predicted molar refractivity (Wildman–Crippen MR) is 60.6 cm³/mol. The second-order valence-electron chi connectivity index (χ2n) is 2.92. The summed E-state index contributed by atoms with van der Waals surface area (Å²) in [6.45, 7) is 0. The zero-order valence-electron chi connectivity index (χ0n) is 7.93. The van der Waals surface area contributed by atoms with Crippen LogP contribution in [0.3, 0.4) is 0 Å². The van der Waals surface area contributed by atoms with Crippen molar-refractivity contribution in [3.63, 3.8) is 0 Å². The molecular weight excluding hydrogens is 234 g/mol. The maximum Gasteiger partial charge on any atom is 0.328 e. The molecule has 3 N–H and O–H groups in total. The van der Waals surface area contributed by atoms with Crippen LogP contribution in [0.2, 0.25) is 0 Å². The third-order valence-electron chi connectivity index (χ3n) is 1.81. The molecular formula is C9H8ClN3O3. The molecule has 0 aliphatic heterocycles. The lowest BCUT2D eigenvalue weighted by molar-refractivity contribution is -0.131. The fourth-order valence-electron chi connectivity index (χ4n) is 1.20. The maximum atomic E-state index is 10.9. The van der Waals surface area contributed by atoms with Crippen LogP contribution in [0.25, 0.3) is 17.2 Å². The summed E-state index contributed by atoms with van der Waals surface area (Å²) in [6, 6.07) is 1.64. The Hall–Kier alpha value is -2.08. The molecule has 2 rings (SSSR count). The number of carbonyl (C=O) groups is 1. The number of aliphatic carboxylic acids is 1. The van der Waals surface area contributed by atoms with Gasteiger partial charge < -0.3 is 10.1 Å². The van der Waals surface area contributed by atoms with Crippen LogP contribution in [-0.2, 0) is 4.79 Å². The van der Waals surface area contributed by atoms with Gasteiger partial charge >= 0.3 is 11.7 Å². The lowest BCUT2D eigenvalue weighted by Gasteiger charge is -1.91. The third-order valence-corrected chi connectivity index (χ3v) is 1.81. The van der Waals surface area contributed by atoms with Gasteiger partial charge in [0.2, 0.25) is 0 Å². The van der Waals surface area contributed by atoms with Crippen molar-refractivity contribution < 1.29 is 9.90 Å². The zero-order valence-corrected chi connectivity index (χ0v) is 8.75. The largest absolute Gasteiger partial charge is 0.478 e. The first-order chi connectivity index (χ1) is 7.15. The summed E-state index contributed by atoms with van der Waals surface area (Å²) in [7, 11) is 0. The van der Waals surface area contributed by atoms with Crippen LogP contribution in [0.5, 0.6) is 0 Å². The normalized spacial score (nSPS) is 10.5. The highest BCUT2D eigenvalue weighted by atomic mass is 35.5. The molecule has 0 amide bonds. The molecule has 0 radical (unpaired) electrons. The molecule has 0 saturated heterocycles. The molecule has 0 aliphatic rings. The number of aromatic amines is 2. The molecule has 0 fully saturated rings. The summed E-state index contributed by atoms with van der Waals surface area (Å²) in [5.74, 6) is -1.03. The summed E-state index contributed by atoms with van der Waals surface area (Å²) < 4.78 is 0. The number of H-pyrrole nitrogens is 2. The molecule has 0 spiro atoms. The van der Waals surface area contributed by atoms with Gasteiger partial charge in [0.05, 0.1) is 5.52 Å². The van der Waals surface area contributed by atoms with Crippen LogP contribution in [0.4, 0.5) is 0 Å². The summed E-state index contributed by atoms with van der Waals surface area (Å²) in [5, 5.41) is 8.42. The molecule has 7 heteroatoms. The maximum absolute atomic E-state index is 10.9. The monoisotopic (exact) mass is 241 g/mol. The van der Waals surface area contributed by atoms with Gasteiger partial charge in [-0.2, -0.15) is 0 Å². The highest BCUT2D eigenvalue weighted by molar-refractivity contribution is 5.86. The summed E-state index contributed by atoms with van der Waals surface area (Å²) >= 11 is 0. The molecule has 0 unspecified atom stereocenters. The molecule has 2 aromatic heterocycles. The zero-order chi connectivity index (χ0) is 10.8. The third kappa shape index (κ3) is 2.48. The van der Waals surface area contributed by atoms with Gasteiger partial charge in [-0.05, 0) is 17.7 Å². The number of pyridine rings is 1. The molecule has 6 nitrogen and oxygen atoms in total. The topological polar surface area (TPSA) is 98.8 Å². The number of hydrogen-bond donors (Lipinski definition) is 3. The van der Waals surface area contributed by atoms with Gasteiger partial charge in [0.15, 0.2) is 5.65 Å². The van der Waals surface area contributed by atoms with E-state index in [1.165, 1.54) is 12.3 Å². The van der Waals surface area contributed by atoms with Crippen molar-refractivity contribution in [1.82, 2.24) is 15.0 Å². The van der Waals surface area contributed by atoms with E-state index in [9.17, 15) is 9.59 Å². The molecule has 0 atom stereocenters.